The molecule has 1 N–H and O–H groups in total. The molecular formula is C23H21F2N5O2. The maximum absolute atomic E-state index is 12.9. The molecule has 164 valence electrons. The number of carbonyl (C=O) groups excluding carboxylic acids is 1. The molecule has 1 aliphatic rings. The summed E-state index contributed by atoms with van der Waals surface area (Å²) >= 11 is 0. The number of aromatic nitrogens is 3. The van der Waals surface area contributed by atoms with Gasteiger partial charge in [0.05, 0.1) is 30.8 Å². The maximum Gasteiger partial charge on any atom is 0.248 e. The zero-order valence-electron chi connectivity index (χ0n) is 17.2. The highest BCUT2D eigenvalue weighted by Crippen LogP contribution is 2.42. The number of anilines is 1. The number of pyridine rings is 1. The highest BCUT2D eigenvalue weighted by atomic mass is 19.3. The van der Waals surface area contributed by atoms with Crippen LogP contribution in [0.3, 0.4) is 0 Å². The second kappa shape index (κ2) is 9.14. The molecule has 1 aromatic carbocycles. The Bertz CT molecular complexity index is 1110. The molecule has 2 heterocycles. The minimum absolute atomic E-state index is 0.108. The molecule has 1 aliphatic carbocycles. The van der Waals surface area contributed by atoms with Crippen LogP contribution in [0.15, 0.2) is 54.9 Å². The number of benzene rings is 1. The molecule has 1 amide bonds. The molecule has 9 heteroatoms. The quantitative estimate of drug-likeness (QED) is 0.579. The van der Waals surface area contributed by atoms with Crippen molar-refractivity contribution < 1.29 is 18.3 Å². The number of amides is 1. The van der Waals surface area contributed by atoms with Crippen molar-refractivity contribution in [3.63, 3.8) is 0 Å². The van der Waals surface area contributed by atoms with Gasteiger partial charge in [0.2, 0.25) is 11.8 Å². The van der Waals surface area contributed by atoms with Crippen LogP contribution in [0.2, 0.25) is 0 Å². The van der Waals surface area contributed by atoms with Gasteiger partial charge in [0.15, 0.2) is 5.82 Å². The summed E-state index contributed by atoms with van der Waals surface area (Å²) in [4.78, 5) is 16.5. The summed E-state index contributed by atoms with van der Waals surface area (Å²) in [5.41, 5.74) is 2.04. The molecule has 0 spiro atoms. The first-order valence-corrected chi connectivity index (χ1v) is 10.2. The number of alkyl halides is 2. The predicted molar refractivity (Wildman–Crippen MR) is 112 cm³/mol. The lowest BCUT2D eigenvalue weighted by Gasteiger charge is -2.34. The fourth-order valence-corrected chi connectivity index (χ4v) is 3.46. The summed E-state index contributed by atoms with van der Waals surface area (Å²) in [6.45, 7) is 0.692. The van der Waals surface area contributed by atoms with Crippen LogP contribution in [0.4, 0.5) is 14.6 Å². The number of nitriles is 1. The van der Waals surface area contributed by atoms with Crippen molar-refractivity contribution in [3.8, 4) is 11.8 Å². The number of ether oxygens (including phenoxy) is 1. The van der Waals surface area contributed by atoms with E-state index in [1.54, 1.807) is 53.3 Å². The number of hydrogen-bond donors (Lipinski definition) is 1. The molecule has 7 nitrogen and oxygen atoms in total. The van der Waals surface area contributed by atoms with E-state index in [1.165, 1.54) is 6.20 Å². The van der Waals surface area contributed by atoms with E-state index in [4.69, 9.17) is 10.00 Å². The van der Waals surface area contributed by atoms with Crippen LogP contribution in [0.1, 0.15) is 29.7 Å². The Hall–Kier alpha value is -3.80. The van der Waals surface area contributed by atoms with E-state index in [0.717, 1.165) is 11.3 Å². The van der Waals surface area contributed by atoms with Crippen molar-refractivity contribution in [1.82, 2.24) is 14.8 Å². The van der Waals surface area contributed by atoms with Crippen LogP contribution in [-0.4, -0.2) is 33.2 Å². The molecule has 32 heavy (non-hydrogen) atoms. The van der Waals surface area contributed by atoms with Crippen LogP contribution in [0, 0.1) is 17.2 Å². The molecule has 0 radical (unpaired) electrons. The van der Waals surface area contributed by atoms with Gasteiger partial charge in [-0.25, -0.2) is 8.78 Å². The van der Waals surface area contributed by atoms with Crippen LogP contribution in [-0.2, 0) is 17.8 Å². The van der Waals surface area contributed by atoms with Gasteiger partial charge >= 0.3 is 0 Å². The maximum atomic E-state index is 12.9. The number of carbonyl (C=O) groups is 1. The molecule has 1 saturated carbocycles. The molecule has 0 saturated heterocycles. The molecule has 0 aliphatic heterocycles. The summed E-state index contributed by atoms with van der Waals surface area (Å²) in [7, 11) is 0. The zero-order valence-corrected chi connectivity index (χ0v) is 17.2. The average Bonchev–Trinajstić information content (AvgIpc) is 3.18. The smallest absolute Gasteiger partial charge is 0.248 e. The SMILES string of the molecule is N#Cc1ccc(Cn2ccc(NC(=O)Cc3ccc(OCC4CC(F)(F)C4)cc3)n2)nc1. The first-order chi connectivity index (χ1) is 15.4. The van der Waals surface area contributed by atoms with Crippen LogP contribution in [0.25, 0.3) is 0 Å². The zero-order chi connectivity index (χ0) is 22.6. The summed E-state index contributed by atoms with van der Waals surface area (Å²) in [5.74, 6) is -1.83. The van der Waals surface area contributed by atoms with Crippen molar-refractivity contribution >= 4 is 11.7 Å². The van der Waals surface area contributed by atoms with Crippen LogP contribution >= 0.6 is 0 Å². The Kier molecular flexibility index (Phi) is 6.12. The van der Waals surface area contributed by atoms with E-state index in [-0.39, 0.29) is 37.7 Å². The summed E-state index contributed by atoms with van der Waals surface area (Å²) in [6.07, 6.45) is 3.17. The van der Waals surface area contributed by atoms with Gasteiger partial charge in [0.1, 0.15) is 11.8 Å². The van der Waals surface area contributed by atoms with Gasteiger partial charge in [-0.2, -0.15) is 10.4 Å². The van der Waals surface area contributed by atoms with Gasteiger partial charge in [0.25, 0.3) is 0 Å². The Morgan fingerprint density at radius 2 is 2.00 bits per heavy atom. The van der Waals surface area contributed by atoms with Gasteiger partial charge in [-0.3, -0.25) is 14.5 Å². The third-order valence-electron chi connectivity index (χ3n) is 5.13. The van der Waals surface area contributed by atoms with E-state index in [1.807, 2.05) is 6.07 Å². The van der Waals surface area contributed by atoms with E-state index in [0.29, 0.717) is 23.7 Å². The molecular weight excluding hydrogens is 416 g/mol. The third kappa shape index (κ3) is 5.66. The fourth-order valence-electron chi connectivity index (χ4n) is 3.46. The normalized spacial score (nSPS) is 14.9. The summed E-state index contributed by atoms with van der Waals surface area (Å²) in [5, 5.41) is 15.9. The summed E-state index contributed by atoms with van der Waals surface area (Å²) in [6, 6.07) is 14.2. The number of nitrogens with one attached hydrogen (secondary N) is 1. The fraction of sp³-hybridized carbons (Fsp3) is 0.304. The standard InChI is InChI=1S/C23H21F2N5O2/c24-23(25)10-18(11-23)15-32-20-5-2-16(3-6-20)9-22(31)28-21-7-8-30(29-21)14-19-4-1-17(12-26)13-27-19/h1-8,13,18H,9-11,14-15H2,(H,28,29,31). The Balaban J connectivity index is 1.23. The summed E-state index contributed by atoms with van der Waals surface area (Å²) < 4.78 is 32.9. The highest BCUT2D eigenvalue weighted by molar-refractivity contribution is 5.91. The van der Waals surface area contributed by atoms with Gasteiger partial charge in [0, 0.05) is 37.2 Å². The van der Waals surface area contributed by atoms with E-state index in [9.17, 15) is 13.6 Å². The second-order valence-corrected chi connectivity index (χ2v) is 7.86. The van der Waals surface area contributed by atoms with Gasteiger partial charge in [-0.15, -0.1) is 0 Å². The Labute approximate surface area is 183 Å². The average molecular weight is 437 g/mol. The van der Waals surface area contributed by atoms with E-state index >= 15 is 0 Å². The van der Waals surface area contributed by atoms with Crippen molar-refractivity contribution in [2.45, 2.75) is 31.7 Å². The van der Waals surface area contributed by atoms with Crippen molar-refractivity contribution in [3.05, 3.63) is 71.7 Å². The van der Waals surface area contributed by atoms with Crippen molar-refractivity contribution in [2.24, 2.45) is 5.92 Å². The lowest BCUT2D eigenvalue weighted by atomic mass is 9.82. The van der Waals surface area contributed by atoms with Gasteiger partial charge < -0.3 is 10.1 Å². The minimum Gasteiger partial charge on any atom is -0.493 e. The predicted octanol–water partition coefficient (Wildman–Crippen LogP) is 3.80. The number of hydrogen-bond acceptors (Lipinski definition) is 5. The number of nitrogens with zero attached hydrogens (tertiary/aromatic N) is 4. The lowest BCUT2D eigenvalue weighted by Crippen LogP contribution is -2.38. The van der Waals surface area contributed by atoms with Crippen molar-refractivity contribution in [1.29, 1.82) is 5.26 Å². The highest BCUT2D eigenvalue weighted by Gasteiger charge is 2.45. The van der Waals surface area contributed by atoms with E-state index < -0.39 is 5.92 Å². The van der Waals surface area contributed by atoms with E-state index in [2.05, 4.69) is 15.4 Å². The molecule has 2 aromatic heterocycles. The minimum atomic E-state index is -2.54. The monoisotopic (exact) mass is 437 g/mol. The molecule has 4 rings (SSSR count). The first kappa shape index (κ1) is 21.4. The van der Waals surface area contributed by atoms with Crippen LogP contribution < -0.4 is 10.1 Å². The van der Waals surface area contributed by atoms with Crippen molar-refractivity contribution in [2.75, 3.05) is 11.9 Å². The molecule has 0 bridgehead atoms. The second-order valence-electron chi connectivity index (χ2n) is 7.86. The van der Waals surface area contributed by atoms with Crippen LogP contribution in [0.5, 0.6) is 5.75 Å². The lowest BCUT2D eigenvalue weighted by molar-refractivity contribution is -0.119. The number of halogens is 2. The largest absolute Gasteiger partial charge is 0.493 e. The molecule has 0 unspecified atom stereocenters. The number of rotatable bonds is 8. The van der Waals surface area contributed by atoms with Gasteiger partial charge in [-0.1, -0.05) is 12.1 Å². The topological polar surface area (TPSA) is 92.8 Å². The molecule has 0 atom stereocenters. The first-order valence-electron chi connectivity index (χ1n) is 10.2. The van der Waals surface area contributed by atoms with Gasteiger partial charge in [-0.05, 0) is 29.8 Å². The molecule has 1 fully saturated rings. The Morgan fingerprint density at radius 3 is 2.66 bits per heavy atom. The molecule has 3 aromatic rings. The third-order valence-corrected chi connectivity index (χ3v) is 5.13. The Morgan fingerprint density at radius 1 is 1.22 bits per heavy atom.